The quantitative estimate of drug-likeness (QED) is 0.839. The normalized spacial score (nSPS) is 33.4. The molecule has 1 saturated carbocycles. The van der Waals surface area contributed by atoms with Crippen LogP contribution in [0.4, 0.5) is 5.69 Å². The van der Waals surface area contributed by atoms with Crippen LogP contribution in [0, 0.1) is 11.8 Å². The van der Waals surface area contributed by atoms with Gasteiger partial charge in [0, 0.05) is 5.69 Å². The van der Waals surface area contributed by atoms with Gasteiger partial charge in [0.25, 0.3) is 0 Å². The van der Waals surface area contributed by atoms with Crippen molar-refractivity contribution in [3.05, 3.63) is 30.3 Å². The largest absolute Gasteiger partial charge is 0.394 e. The van der Waals surface area contributed by atoms with Crippen molar-refractivity contribution in [1.29, 1.82) is 0 Å². The maximum atomic E-state index is 9.78. The SMILES string of the molecule is CC1CC(C)CC(CO)(Nc2ccccc2)C1. The molecule has 0 amide bonds. The number of hydrogen-bond donors (Lipinski definition) is 2. The van der Waals surface area contributed by atoms with Crippen molar-refractivity contribution in [3.8, 4) is 0 Å². The van der Waals surface area contributed by atoms with Crippen LogP contribution in [0.25, 0.3) is 0 Å². The van der Waals surface area contributed by atoms with Crippen molar-refractivity contribution in [3.63, 3.8) is 0 Å². The van der Waals surface area contributed by atoms with Crippen LogP contribution < -0.4 is 5.32 Å². The Balaban J connectivity index is 2.14. The molecule has 2 atom stereocenters. The molecule has 2 heteroatoms. The molecule has 1 aliphatic carbocycles. The standard InChI is InChI=1S/C15H23NO/c1-12-8-13(2)10-15(9-12,11-17)16-14-6-4-3-5-7-14/h3-7,12-13,16-17H,8-11H2,1-2H3. The summed E-state index contributed by atoms with van der Waals surface area (Å²) in [4.78, 5) is 0. The molecule has 2 rings (SSSR count). The van der Waals surface area contributed by atoms with Crippen LogP contribution in [0.2, 0.25) is 0 Å². The molecule has 1 aromatic carbocycles. The Bertz CT molecular complexity index is 339. The van der Waals surface area contributed by atoms with E-state index in [4.69, 9.17) is 0 Å². The Kier molecular flexibility index (Phi) is 3.72. The van der Waals surface area contributed by atoms with Crippen LogP contribution in [0.3, 0.4) is 0 Å². The Morgan fingerprint density at radius 1 is 1.18 bits per heavy atom. The fraction of sp³-hybridized carbons (Fsp3) is 0.600. The van der Waals surface area contributed by atoms with E-state index in [9.17, 15) is 5.11 Å². The summed E-state index contributed by atoms with van der Waals surface area (Å²) in [5.74, 6) is 1.37. The van der Waals surface area contributed by atoms with Crippen LogP contribution >= 0.6 is 0 Å². The van der Waals surface area contributed by atoms with Crippen LogP contribution in [0.15, 0.2) is 30.3 Å². The molecule has 17 heavy (non-hydrogen) atoms. The molecule has 1 fully saturated rings. The highest BCUT2D eigenvalue weighted by atomic mass is 16.3. The maximum absolute atomic E-state index is 9.78. The molecule has 0 radical (unpaired) electrons. The van der Waals surface area contributed by atoms with Gasteiger partial charge in [0.2, 0.25) is 0 Å². The molecule has 2 unspecified atom stereocenters. The second-order valence-electron chi connectivity index (χ2n) is 5.78. The number of nitrogens with one attached hydrogen (secondary N) is 1. The van der Waals surface area contributed by atoms with E-state index in [0.29, 0.717) is 11.8 Å². The monoisotopic (exact) mass is 233 g/mol. The molecule has 0 saturated heterocycles. The first-order valence-corrected chi connectivity index (χ1v) is 6.58. The van der Waals surface area contributed by atoms with Gasteiger partial charge in [-0.15, -0.1) is 0 Å². The van der Waals surface area contributed by atoms with E-state index < -0.39 is 0 Å². The number of aliphatic hydroxyl groups is 1. The summed E-state index contributed by atoms with van der Waals surface area (Å²) < 4.78 is 0. The molecule has 0 aliphatic heterocycles. The van der Waals surface area contributed by atoms with Gasteiger partial charge in [0.1, 0.15) is 0 Å². The van der Waals surface area contributed by atoms with E-state index in [1.54, 1.807) is 0 Å². The zero-order chi connectivity index (χ0) is 12.3. The number of anilines is 1. The van der Waals surface area contributed by atoms with Gasteiger partial charge in [-0.05, 0) is 43.2 Å². The molecule has 1 aromatic rings. The third-order valence-corrected chi connectivity index (χ3v) is 3.77. The molecule has 0 spiro atoms. The van der Waals surface area contributed by atoms with Crippen molar-refractivity contribution in [2.45, 2.75) is 38.6 Å². The average Bonchev–Trinajstić information content (AvgIpc) is 2.29. The van der Waals surface area contributed by atoms with Gasteiger partial charge in [-0.25, -0.2) is 0 Å². The molecule has 0 aromatic heterocycles. The lowest BCUT2D eigenvalue weighted by molar-refractivity contribution is 0.122. The minimum absolute atomic E-state index is 0.127. The van der Waals surface area contributed by atoms with E-state index >= 15 is 0 Å². The van der Waals surface area contributed by atoms with Crippen molar-refractivity contribution in [1.82, 2.24) is 0 Å². The molecule has 2 N–H and O–H groups in total. The van der Waals surface area contributed by atoms with Gasteiger partial charge in [-0.1, -0.05) is 32.0 Å². The lowest BCUT2D eigenvalue weighted by Gasteiger charge is -2.43. The highest BCUT2D eigenvalue weighted by Gasteiger charge is 2.37. The highest BCUT2D eigenvalue weighted by Crippen LogP contribution is 2.37. The van der Waals surface area contributed by atoms with Crippen molar-refractivity contribution in [2.75, 3.05) is 11.9 Å². The smallest absolute Gasteiger partial charge is 0.0661 e. The zero-order valence-electron chi connectivity index (χ0n) is 10.8. The summed E-state index contributed by atoms with van der Waals surface area (Å²) in [6.07, 6.45) is 3.39. The summed E-state index contributed by atoms with van der Waals surface area (Å²) >= 11 is 0. The van der Waals surface area contributed by atoms with Crippen LogP contribution in [-0.4, -0.2) is 17.3 Å². The number of para-hydroxylation sites is 1. The van der Waals surface area contributed by atoms with E-state index in [1.807, 2.05) is 18.2 Å². The lowest BCUT2D eigenvalue weighted by Crippen LogP contribution is -2.48. The van der Waals surface area contributed by atoms with Gasteiger partial charge in [0.05, 0.1) is 12.1 Å². The molecule has 2 nitrogen and oxygen atoms in total. The van der Waals surface area contributed by atoms with E-state index in [1.165, 1.54) is 6.42 Å². The number of benzene rings is 1. The maximum Gasteiger partial charge on any atom is 0.0661 e. The minimum Gasteiger partial charge on any atom is -0.394 e. The van der Waals surface area contributed by atoms with Crippen LogP contribution in [0.1, 0.15) is 33.1 Å². The average molecular weight is 233 g/mol. The highest BCUT2D eigenvalue weighted by molar-refractivity contribution is 5.45. The Hall–Kier alpha value is -1.02. The summed E-state index contributed by atoms with van der Waals surface area (Å²) in [5.41, 5.74) is 0.987. The molecule has 94 valence electrons. The van der Waals surface area contributed by atoms with Crippen LogP contribution in [-0.2, 0) is 0 Å². The summed E-state index contributed by atoms with van der Waals surface area (Å²) in [7, 11) is 0. The summed E-state index contributed by atoms with van der Waals surface area (Å²) in [6.45, 7) is 4.79. The van der Waals surface area contributed by atoms with Gasteiger partial charge in [0.15, 0.2) is 0 Å². The summed E-state index contributed by atoms with van der Waals surface area (Å²) in [6, 6.07) is 10.2. The first-order valence-electron chi connectivity index (χ1n) is 6.58. The van der Waals surface area contributed by atoms with Crippen molar-refractivity contribution in [2.24, 2.45) is 11.8 Å². The fourth-order valence-electron chi connectivity index (χ4n) is 3.37. The number of aliphatic hydroxyl groups excluding tert-OH is 1. The Morgan fingerprint density at radius 2 is 1.76 bits per heavy atom. The van der Waals surface area contributed by atoms with Crippen molar-refractivity contribution < 1.29 is 5.11 Å². The van der Waals surface area contributed by atoms with Gasteiger partial charge < -0.3 is 10.4 Å². The molecular weight excluding hydrogens is 210 g/mol. The zero-order valence-corrected chi connectivity index (χ0v) is 10.8. The number of hydrogen-bond acceptors (Lipinski definition) is 2. The van der Waals surface area contributed by atoms with E-state index in [-0.39, 0.29) is 12.1 Å². The van der Waals surface area contributed by atoms with Gasteiger partial charge in [-0.2, -0.15) is 0 Å². The minimum atomic E-state index is -0.127. The first kappa shape index (κ1) is 12.4. The molecule has 1 aliphatic rings. The molecular formula is C15H23NO. The van der Waals surface area contributed by atoms with Crippen LogP contribution in [0.5, 0.6) is 0 Å². The van der Waals surface area contributed by atoms with Crippen molar-refractivity contribution >= 4 is 5.69 Å². The predicted molar refractivity (Wildman–Crippen MR) is 72.1 cm³/mol. The van der Waals surface area contributed by atoms with E-state index in [0.717, 1.165) is 18.5 Å². The molecule has 0 bridgehead atoms. The third-order valence-electron chi connectivity index (χ3n) is 3.77. The van der Waals surface area contributed by atoms with E-state index in [2.05, 4.69) is 31.3 Å². The summed E-state index contributed by atoms with van der Waals surface area (Å²) in [5, 5.41) is 13.3. The Labute approximate surface area is 104 Å². The van der Waals surface area contributed by atoms with Gasteiger partial charge >= 0.3 is 0 Å². The predicted octanol–water partition coefficient (Wildman–Crippen LogP) is 3.29. The van der Waals surface area contributed by atoms with Gasteiger partial charge in [-0.3, -0.25) is 0 Å². The Morgan fingerprint density at radius 3 is 2.29 bits per heavy atom. The third kappa shape index (κ3) is 3.01. The molecule has 0 heterocycles. The second kappa shape index (κ2) is 5.09. The lowest BCUT2D eigenvalue weighted by atomic mass is 9.72. The fourth-order valence-corrected chi connectivity index (χ4v) is 3.37. The number of rotatable bonds is 3. The topological polar surface area (TPSA) is 32.3 Å². The second-order valence-corrected chi connectivity index (χ2v) is 5.78. The first-order chi connectivity index (χ1) is 8.13.